The molecule has 0 fully saturated rings. The van der Waals surface area contributed by atoms with Gasteiger partial charge in [0.2, 0.25) is 0 Å². The van der Waals surface area contributed by atoms with Crippen LogP contribution in [0.25, 0.3) is 97.3 Å². The summed E-state index contributed by atoms with van der Waals surface area (Å²) in [5.74, 6) is 0. The summed E-state index contributed by atoms with van der Waals surface area (Å²) in [5, 5.41) is 7.37. The van der Waals surface area contributed by atoms with E-state index in [1.54, 1.807) is 12.4 Å². The monoisotopic (exact) mass is 680 g/mol. The van der Waals surface area contributed by atoms with Gasteiger partial charge in [0.15, 0.2) is 0 Å². The highest BCUT2D eigenvalue weighted by Crippen LogP contribution is 2.51. The van der Waals surface area contributed by atoms with Crippen LogP contribution in [0.5, 0.6) is 0 Å². The van der Waals surface area contributed by atoms with Gasteiger partial charge >= 0.3 is 0 Å². The molecule has 1 aliphatic carbocycles. The van der Waals surface area contributed by atoms with Gasteiger partial charge in [0, 0.05) is 48.8 Å². The minimum atomic E-state index is -0.136. The molecule has 0 saturated heterocycles. The van der Waals surface area contributed by atoms with Crippen molar-refractivity contribution in [3.05, 3.63) is 169 Å². The van der Waals surface area contributed by atoms with Gasteiger partial charge in [-0.05, 0) is 90.7 Å². The molecule has 0 N–H and O–H groups in total. The average molecular weight is 681 g/mol. The summed E-state index contributed by atoms with van der Waals surface area (Å²) in [7, 11) is 0. The second-order valence-electron chi connectivity index (χ2n) is 14.6. The minimum absolute atomic E-state index is 0.136. The zero-order chi connectivity index (χ0) is 34.6. The topological polar surface area (TPSA) is 25.8 Å². The van der Waals surface area contributed by atoms with Crippen LogP contribution < -0.4 is 0 Å². The lowest BCUT2D eigenvalue weighted by molar-refractivity contribution is 0.661. The van der Waals surface area contributed by atoms with E-state index < -0.39 is 0 Å². The Hall–Kier alpha value is -6.16. The van der Waals surface area contributed by atoms with E-state index in [-0.39, 0.29) is 5.41 Å². The van der Waals surface area contributed by atoms with E-state index in [0.29, 0.717) is 0 Å². The van der Waals surface area contributed by atoms with Crippen molar-refractivity contribution in [3.8, 4) is 44.5 Å². The third kappa shape index (κ3) is 4.23. The van der Waals surface area contributed by atoms with E-state index in [4.69, 9.17) is 9.97 Å². The summed E-state index contributed by atoms with van der Waals surface area (Å²) in [6.07, 6.45) is 3.58. The smallest absolute Gasteiger partial charge is 0.0971 e. The molecular weight excluding hydrogens is 649 g/mol. The Morgan fingerprint density at radius 3 is 1.67 bits per heavy atom. The van der Waals surface area contributed by atoms with Crippen LogP contribution in [-0.4, -0.2) is 9.97 Å². The minimum Gasteiger partial charge on any atom is -0.252 e. The maximum Gasteiger partial charge on any atom is 0.0971 e. The second kappa shape index (κ2) is 10.9. The largest absolute Gasteiger partial charge is 0.252 e. The molecule has 0 radical (unpaired) electrons. The van der Waals surface area contributed by atoms with Gasteiger partial charge in [0.05, 0.1) is 11.0 Å². The third-order valence-corrected chi connectivity index (χ3v) is 12.6. The first-order valence-electron chi connectivity index (χ1n) is 17.9. The van der Waals surface area contributed by atoms with Crippen LogP contribution >= 0.6 is 11.3 Å². The molecule has 0 bridgehead atoms. The van der Waals surface area contributed by atoms with Crippen LogP contribution in [0, 0.1) is 0 Å². The van der Waals surface area contributed by atoms with Crippen LogP contribution in [-0.2, 0) is 5.41 Å². The lowest BCUT2D eigenvalue weighted by atomic mass is 9.80. The molecule has 52 heavy (non-hydrogen) atoms. The standard InChI is InChI=1S/C49H32N2S/c1-49(2)43-27-32(29-14-16-30(17-15-29)34-11-7-12-41-38-9-5-6-13-45(38)52-48(34)41)18-21-36(43)37-22-19-33(28-44(37)49)31-20-23-40-42(26-31)35-8-3-4-10-39(35)46-47(40)51-25-24-50-46/h3-28H,1-2H3. The lowest BCUT2D eigenvalue weighted by Crippen LogP contribution is -2.15. The third-order valence-electron chi connectivity index (χ3n) is 11.4. The number of hydrogen-bond acceptors (Lipinski definition) is 3. The number of rotatable bonds is 3. The highest BCUT2D eigenvalue weighted by Gasteiger charge is 2.36. The van der Waals surface area contributed by atoms with E-state index in [9.17, 15) is 0 Å². The Morgan fingerprint density at radius 1 is 0.404 bits per heavy atom. The molecule has 2 aromatic heterocycles. The second-order valence-corrected chi connectivity index (χ2v) is 15.6. The fourth-order valence-electron chi connectivity index (χ4n) is 8.72. The molecule has 1 aliphatic rings. The van der Waals surface area contributed by atoms with Crippen molar-refractivity contribution in [3.63, 3.8) is 0 Å². The van der Waals surface area contributed by atoms with E-state index in [1.807, 2.05) is 11.3 Å². The van der Waals surface area contributed by atoms with E-state index >= 15 is 0 Å². The molecular formula is C49H32N2S. The summed E-state index contributed by atoms with van der Waals surface area (Å²) in [6.45, 7) is 4.75. The fourth-order valence-corrected chi connectivity index (χ4v) is 9.96. The van der Waals surface area contributed by atoms with Crippen molar-refractivity contribution in [1.82, 2.24) is 9.97 Å². The first kappa shape index (κ1) is 29.6. The van der Waals surface area contributed by atoms with Gasteiger partial charge in [-0.3, -0.25) is 9.97 Å². The number of benzene rings is 8. The molecule has 3 heteroatoms. The lowest BCUT2D eigenvalue weighted by Gasteiger charge is -2.23. The van der Waals surface area contributed by atoms with Crippen LogP contribution in [0.3, 0.4) is 0 Å². The zero-order valence-corrected chi connectivity index (χ0v) is 29.6. The molecule has 2 nitrogen and oxygen atoms in total. The van der Waals surface area contributed by atoms with Crippen molar-refractivity contribution < 1.29 is 0 Å². The van der Waals surface area contributed by atoms with E-state index in [1.165, 1.54) is 86.6 Å². The summed E-state index contributed by atoms with van der Waals surface area (Å²) in [4.78, 5) is 9.47. The van der Waals surface area contributed by atoms with Gasteiger partial charge in [0.25, 0.3) is 0 Å². The van der Waals surface area contributed by atoms with Crippen LogP contribution in [0.4, 0.5) is 0 Å². The van der Waals surface area contributed by atoms with Gasteiger partial charge in [-0.2, -0.15) is 0 Å². The molecule has 8 aromatic carbocycles. The summed E-state index contributed by atoms with van der Waals surface area (Å²) < 4.78 is 2.69. The van der Waals surface area contributed by atoms with Gasteiger partial charge < -0.3 is 0 Å². The predicted octanol–water partition coefficient (Wildman–Crippen LogP) is 13.6. The molecule has 244 valence electrons. The molecule has 10 aromatic rings. The number of hydrogen-bond donors (Lipinski definition) is 0. The SMILES string of the molecule is CC1(C)c2cc(-c3ccc(-c4cccc5c4sc4ccccc45)cc3)ccc2-c2ccc(-c3ccc4c(c3)c3ccccc3c3nccnc43)cc21. The summed E-state index contributed by atoms with van der Waals surface area (Å²) >= 11 is 1.89. The van der Waals surface area contributed by atoms with Crippen molar-refractivity contribution in [1.29, 1.82) is 0 Å². The Labute approximate surface area is 305 Å². The Balaban J connectivity index is 0.957. The Kier molecular flexibility index (Phi) is 6.21. The quantitative estimate of drug-likeness (QED) is 0.174. The van der Waals surface area contributed by atoms with Crippen molar-refractivity contribution in [2.45, 2.75) is 19.3 Å². The first-order valence-corrected chi connectivity index (χ1v) is 18.7. The van der Waals surface area contributed by atoms with Gasteiger partial charge in [-0.25, -0.2) is 0 Å². The molecule has 0 saturated carbocycles. The molecule has 0 aliphatic heterocycles. The van der Waals surface area contributed by atoms with Crippen molar-refractivity contribution in [2.75, 3.05) is 0 Å². The molecule has 0 amide bonds. The van der Waals surface area contributed by atoms with E-state index in [2.05, 4.69) is 159 Å². The predicted molar refractivity (Wildman–Crippen MR) is 221 cm³/mol. The first-order chi connectivity index (χ1) is 25.5. The van der Waals surface area contributed by atoms with Crippen molar-refractivity contribution >= 4 is 64.1 Å². The normalized spacial score (nSPS) is 13.3. The maximum atomic E-state index is 4.75. The maximum absolute atomic E-state index is 4.75. The highest BCUT2D eigenvalue weighted by atomic mass is 32.1. The zero-order valence-electron chi connectivity index (χ0n) is 28.8. The number of nitrogens with zero attached hydrogens (tertiary/aromatic N) is 2. The average Bonchev–Trinajstić information content (AvgIpc) is 3.69. The molecule has 0 atom stereocenters. The van der Waals surface area contributed by atoms with Crippen LogP contribution in [0.2, 0.25) is 0 Å². The summed E-state index contributed by atoms with van der Waals surface area (Å²) in [6, 6.07) is 54.0. The van der Waals surface area contributed by atoms with Crippen LogP contribution in [0.15, 0.2) is 158 Å². The molecule has 0 unspecified atom stereocenters. The Bertz CT molecular complexity index is 3060. The van der Waals surface area contributed by atoms with Crippen LogP contribution in [0.1, 0.15) is 25.0 Å². The Morgan fingerprint density at radius 2 is 0.942 bits per heavy atom. The molecule has 0 spiro atoms. The number of fused-ring (bicyclic) bond motifs is 12. The highest BCUT2D eigenvalue weighted by molar-refractivity contribution is 7.26. The molecule has 11 rings (SSSR count). The number of thiophene rings is 1. The van der Waals surface area contributed by atoms with Crippen molar-refractivity contribution in [2.24, 2.45) is 0 Å². The van der Waals surface area contributed by atoms with Gasteiger partial charge in [-0.15, -0.1) is 11.3 Å². The van der Waals surface area contributed by atoms with Gasteiger partial charge in [0.1, 0.15) is 0 Å². The van der Waals surface area contributed by atoms with Gasteiger partial charge in [-0.1, -0.05) is 135 Å². The number of aromatic nitrogens is 2. The summed E-state index contributed by atoms with van der Waals surface area (Å²) in [5.41, 5.74) is 14.7. The fraction of sp³-hybridized carbons (Fsp3) is 0.0612. The molecule has 2 heterocycles. The van der Waals surface area contributed by atoms with E-state index in [0.717, 1.165) is 21.8 Å².